The van der Waals surface area contributed by atoms with Gasteiger partial charge in [-0.1, -0.05) is 6.07 Å². The summed E-state index contributed by atoms with van der Waals surface area (Å²) in [5.74, 6) is -7.01. The zero-order valence-electron chi connectivity index (χ0n) is 11.4. The maximum absolute atomic E-state index is 14.2. The summed E-state index contributed by atoms with van der Waals surface area (Å²) in [7, 11) is 0.997. The van der Waals surface area contributed by atoms with Gasteiger partial charge in [-0.25, -0.2) is 22.8 Å². The van der Waals surface area contributed by atoms with E-state index in [0.717, 1.165) is 20.1 Å². The summed E-state index contributed by atoms with van der Waals surface area (Å²) in [4.78, 5) is 31.6. The summed E-state index contributed by atoms with van der Waals surface area (Å²) in [5.41, 5.74) is -1.85. The molecule has 0 aliphatic carbocycles. The SMILES string of the molecule is COOC(=O)c1c(C(=O)O)c(C)c(F)c2c(F)c(F)ccc12. The van der Waals surface area contributed by atoms with Crippen molar-refractivity contribution in [3.8, 4) is 0 Å². The Morgan fingerprint density at radius 2 is 1.73 bits per heavy atom. The maximum atomic E-state index is 14.2. The van der Waals surface area contributed by atoms with Crippen LogP contribution in [0.15, 0.2) is 12.1 Å². The first-order valence-electron chi connectivity index (χ1n) is 5.89. The van der Waals surface area contributed by atoms with Gasteiger partial charge >= 0.3 is 11.9 Å². The highest BCUT2D eigenvalue weighted by Crippen LogP contribution is 2.32. The predicted octanol–water partition coefficient (Wildman–Crippen LogP) is 2.98. The van der Waals surface area contributed by atoms with Crippen LogP contribution in [0.1, 0.15) is 26.3 Å². The molecule has 0 aliphatic rings. The van der Waals surface area contributed by atoms with Crippen LogP contribution in [-0.4, -0.2) is 24.2 Å². The van der Waals surface area contributed by atoms with Gasteiger partial charge in [-0.3, -0.25) is 4.89 Å². The van der Waals surface area contributed by atoms with Gasteiger partial charge in [0.2, 0.25) is 0 Å². The highest BCUT2D eigenvalue weighted by Gasteiger charge is 2.29. The van der Waals surface area contributed by atoms with E-state index in [0.29, 0.717) is 6.07 Å². The Bertz CT molecular complexity index is 801. The van der Waals surface area contributed by atoms with E-state index in [1.165, 1.54) is 0 Å². The van der Waals surface area contributed by atoms with Crippen LogP contribution in [0.25, 0.3) is 10.8 Å². The third-order valence-electron chi connectivity index (χ3n) is 3.11. The molecule has 8 heteroatoms. The second-order valence-electron chi connectivity index (χ2n) is 4.32. The lowest BCUT2D eigenvalue weighted by Gasteiger charge is -2.13. The van der Waals surface area contributed by atoms with Gasteiger partial charge in [0.1, 0.15) is 5.82 Å². The van der Waals surface area contributed by atoms with Crippen LogP contribution in [0, 0.1) is 24.4 Å². The Labute approximate surface area is 121 Å². The van der Waals surface area contributed by atoms with Gasteiger partial charge < -0.3 is 5.11 Å². The number of hydrogen-bond donors (Lipinski definition) is 1. The van der Waals surface area contributed by atoms with Crippen molar-refractivity contribution >= 4 is 22.7 Å². The number of carbonyl (C=O) groups is 2. The summed E-state index contributed by atoms with van der Waals surface area (Å²) in [6, 6.07) is 1.55. The highest BCUT2D eigenvalue weighted by molar-refractivity contribution is 6.13. The molecule has 0 atom stereocenters. The minimum atomic E-state index is -1.62. The first-order valence-corrected chi connectivity index (χ1v) is 5.89. The highest BCUT2D eigenvalue weighted by atomic mass is 19.2. The van der Waals surface area contributed by atoms with E-state index in [-0.39, 0.29) is 0 Å². The van der Waals surface area contributed by atoms with Crippen LogP contribution >= 0.6 is 0 Å². The van der Waals surface area contributed by atoms with E-state index in [1.54, 1.807) is 0 Å². The standard InChI is InChI=1S/C14H9F3O5/c1-5-8(13(18)19)9(14(20)22-21-2)6-3-4-7(15)12(17)10(6)11(5)16/h3-4H,1-2H3,(H,18,19). The number of fused-ring (bicyclic) bond motifs is 1. The van der Waals surface area contributed by atoms with Crippen molar-refractivity contribution in [2.75, 3.05) is 7.11 Å². The van der Waals surface area contributed by atoms with Crippen molar-refractivity contribution in [2.45, 2.75) is 6.92 Å². The zero-order chi connectivity index (χ0) is 16.6. The normalized spacial score (nSPS) is 10.8. The fourth-order valence-corrected chi connectivity index (χ4v) is 2.19. The molecule has 0 aromatic heterocycles. The van der Waals surface area contributed by atoms with Gasteiger partial charge in [0.05, 0.1) is 23.6 Å². The number of hydrogen-bond acceptors (Lipinski definition) is 4. The quantitative estimate of drug-likeness (QED) is 0.696. The zero-order valence-corrected chi connectivity index (χ0v) is 11.4. The average Bonchev–Trinajstić information content (AvgIpc) is 2.45. The number of rotatable bonds is 3. The number of halogens is 3. The number of carboxylic acids is 1. The topological polar surface area (TPSA) is 72.8 Å². The van der Waals surface area contributed by atoms with E-state index in [2.05, 4.69) is 9.78 Å². The van der Waals surface area contributed by atoms with Gasteiger partial charge in [-0.05, 0) is 13.0 Å². The first kappa shape index (κ1) is 15.8. The Morgan fingerprint density at radius 3 is 2.27 bits per heavy atom. The van der Waals surface area contributed by atoms with Crippen molar-refractivity contribution < 1.29 is 37.6 Å². The first-order chi connectivity index (χ1) is 10.3. The molecule has 0 saturated heterocycles. The van der Waals surface area contributed by atoms with Crippen molar-refractivity contribution in [3.05, 3.63) is 46.3 Å². The summed E-state index contributed by atoms with van der Waals surface area (Å²) in [6.07, 6.45) is 0. The van der Waals surface area contributed by atoms with Gasteiger partial charge in [0, 0.05) is 10.9 Å². The van der Waals surface area contributed by atoms with Crippen LogP contribution in [0.5, 0.6) is 0 Å². The largest absolute Gasteiger partial charge is 0.478 e. The minimum absolute atomic E-state index is 0.429. The monoisotopic (exact) mass is 314 g/mol. The maximum Gasteiger partial charge on any atom is 0.374 e. The molecule has 0 saturated carbocycles. The van der Waals surface area contributed by atoms with E-state index >= 15 is 0 Å². The molecule has 0 unspecified atom stereocenters. The molecule has 1 N–H and O–H groups in total. The van der Waals surface area contributed by atoms with Crippen LogP contribution in [0.2, 0.25) is 0 Å². The Hall–Kier alpha value is -2.61. The van der Waals surface area contributed by atoms with Crippen molar-refractivity contribution in [3.63, 3.8) is 0 Å². The smallest absolute Gasteiger partial charge is 0.374 e. The molecule has 2 aromatic rings. The molecule has 5 nitrogen and oxygen atoms in total. The minimum Gasteiger partial charge on any atom is -0.478 e. The number of carboxylic acid groups (broad SMARTS) is 1. The molecule has 22 heavy (non-hydrogen) atoms. The Kier molecular flexibility index (Phi) is 4.05. The lowest BCUT2D eigenvalue weighted by molar-refractivity contribution is -0.216. The number of carbonyl (C=O) groups excluding carboxylic acids is 1. The summed E-state index contributed by atoms with van der Waals surface area (Å²) in [5, 5.41) is 7.93. The van der Waals surface area contributed by atoms with Crippen LogP contribution < -0.4 is 0 Å². The van der Waals surface area contributed by atoms with Crippen LogP contribution in [0.4, 0.5) is 13.2 Å². The second kappa shape index (κ2) is 5.64. The molecule has 0 aliphatic heterocycles. The molecule has 2 rings (SSSR count). The predicted molar refractivity (Wildman–Crippen MR) is 67.9 cm³/mol. The van der Waals surface area contributed by atoms with Crippen molar-refractivity contribution in [1.82, 2.24) is 0 Å². The number of benzene rings is 2. The van der Waals surface area contributed by atoms with Crippen LogP contribution in [0.3, 0.4) is 0 Å². The third kappa shape index (κ3) is 2.27. The molecule has 0 bridgehead atoms. The lowest BCUT2D eigenvalue weighted by atomic mass is 9.93. The molecule has 0 amide bonds. The van der Waals surface area contributed by atoms with E-state index in [4.69, 9.17) is 0 Å². The molecule has 0 spiro atoms. The van der Waals surface area contributed by atoms with E-state index < -0.39 is 56.9 Å². The summed E-state index contributed by atoms with van der Waals surface area (Å²) in [6.45, 7) is 1.03. The van der Waals surface area contributed by atoms with E-state index in [1.807, 2.05) is 0 Å². The van der Waals surface area contributed by atoms with Gasteiger partial charge in [-0.2, -0.15) is 4.89 Å². The summed E-state index contributed by atoms with van der Waals surface area (Å²) >= 11 is 0. The molecular formula is C14H9F3O5. The second-order valence-corrected chi connectivity index (χ2v) is 4.32. The van der Waals surface area contributed by atoms with Crippen molar-refractivity contribution in [2.24, 2.45) is 0 Å². The third-order valence-corrected chi connectivity index (χ3v) is 3.11. The Morgan fingerprint density at radius 1 is 1.09 bits per heavy atom. The van der Waals surface area contributed by atoms with Crippen molar-refractivity contribution in [1.29, 1.82) is 0 Å². The molecular weight excluding hydrogens is 305 g/mol. The molecule has 0 radical (unpaired) electrons. The van der Waals surface area contributed by atoms with Gasteiger partial charge in [0.15, 0.2) is 11.6 Å². The van der Waals surface area contributed by atoms with Crippen LogP contribution in [-0.2, 0) is 9.78 Å². The van der Waals surface area contributed by atoms with Gasteiger partial charge in [0.25, 0.3) is 0 Å². The molecule has 2 aromatic carbocycles. The molecule has 0 fully saturated rings. The Balaban J connectivity index is 3.04. The summed E-state index contributed by atoms with van der Waals surface area (Å²) < 4.78 is 41.4. The van der Waals surface area contributed by atoms with Gasteiger partial charge in [-0.15, -0.1) is 0 Å². The average molecular weight is 314 g/mol. The molecule has 116 valence electrons. The number of aromatic carboxylic acids is 1. The fourth-order valence-electron chi connectivity index (χ4n) is 2.19. The molecule has 0 heterocycles. The van der Waals surface area contributed by atoms with E-state index in [9.17, 15) is 27.9 Å². The lowest BCUT2D eigenvalue weighted by Crippen LogP contribution is -2.16. The fraction of sp³-hybridized carbons (Fsp3) is 0.143.